The molecule has 0 bridgehead atoms. The van der Waals surface area contributed by atoms with Crippen LogP contribution in [0.1, 0.15) is 0 Å². The van der Waals surface area contributed by atoms with Crippen molar-refractivity contribution in [1.29, 1.82) is 0 Å². The topological polar surface area (TPSA) is 132 Å². The summed E-state index contributed by atoms with van der Waals surface area (Å²) in [5.41, 5.74) is 0.882. The first-order valence-corrected chi connectivity index (χ1v) is 10.2. The molecule has 0 saturated carbocycles. The molecule has 3 fully saturated rings. The summed E-state index contributed by atoms with van der Waals surface area (Å²) >= 11 is 0. The highest BCUT2D eigenvalue weighted by Gasteiger charge is 2.45. The maximum atomic E-state index is 12.4. The molecule has 0 atom stereocenters. The molecule has 3 aliphatic heterocycles. The number of nitrogens with zero attached hydrogens (tertiary/aromatic N) is 3. The highest BCUT2D eigenvalue weighted by atomic mass is 32.2. The van der Waals surface area contributed by atoms with Gasteiger partial charge >= 0.3 is 11.5 Å². The van der Waals surface area contributed by atoms with Gasteiger partial charge in [0.2, 0.25) is 11.6 Å². The lowest BCUT2D eigenvalue weighted by atomic mass is 10.0. The highest BCUT2D eigenvalue weighted by molar-refractivity contribution is 7.92. The van der Waals surface area contributed by atoms with E-state index in [1.807, 2.05) is 14.7 Å². The van der Waals surface area contributed by atoms with Crippen molar-refractivity contribution in [2.45, 2.75) is 5.51 Å². The summed E-state index contributed by atoms with van der Waals surface area (Å²) in [6, 6.07) is -1.33. The molecule has 4 rings (SSSR count). The average Bonchev–Trinajstić information content (AvgIpc) is 3.47. The first-order valence-electron chi connectivity index (χ1n) is 8.54. The lowest BCUT2D eigenvalue weighted by Crippen LogP contribution is -2.39. The van der Waals surface area contributed by atoms with Crippen LogP contribution in [-0.2, 0) is 19.4 Å². The zero-order valence-electron chi connectivity index (χ0n) is 15.0. The number of nitrogens with one attached hydrogen (secondary N) is 1. The summed E-state index contributed by atoms with van der Waals surface area (Å²) in [6.45, 7) is 5.41. The monoisotopic (exact) mass is 437 g/mol. The quantitative estimate of drug-likeness (QED) is 0.402. The summed E-state index contributed by atoms with van der Waals surface area (Å²) in [4.78, 5) is 40.3. The Balaban J connectivity index is 0.000000179. The van der Waals surface area contributed by atoms with E-state index in [0.717, 1.165) is 39.3 Å². The number of hydrogen-bond donors (Lipinski definition) is 2. The van der Waals surface area contributed by atoms with Crippen LogP contribution in [0.25, 0.3) is 0 Å². The van der Waals surface area contributed by atoms with Gasteiger partial charge in [-0.05, 0) is 0 Å². The molecular formula is C15H18F3N5O5S. The third-order valence-electron chi connectivity index (χ3n) is 4.28. The molecule has 0 radical (unpaired) electrons. The SMILES string of the molecule is NC(=O)NCS(=O)(=O)C(F)(F)F.O=C1C=C(N2CC2)C(=O)C(N2CC2)=C1N1CC1. The third-order valence-corrected chi connectivity index (χ3v) is 5.51. The molecule has 3 saturated heterocycles. The second-order valence-corrected chi connectivity index (χ2v) is 8.61. The van der Waals surface area contributed by atoms with Crippen molar-refractivity contribution in [3.63, 3.8) is 0 Å². The minimum absolute atomic E-state index is 0.00546. The predicted molar refractivity (Wildman–Crippen MR) is 92.4 cm³/mol. The number of nitrogens with two attached hydrogens (primary N) is 1. The van der Waals surface area contributed by atoms with Crippen molar-refractivity contribution in [2.24, 2.45) is 5.73 Å². The van der Waals surface area contributed by atoms with Crippen LogP contribution in [0.5, 0.6) is 0 Å². The van der Waals surface area contributed by atoms with Crippen LogP contribution in [0, 0.1) is 0 Å². The number of Topliss-reactive ketones (excluding diaryl/α,β-unsaturated/α-hetero) is 1. The molecule has 0 spiro atoms. The van der Waals surface area contributed by atoms with Crippen LogP contribution in [0.15, 0.2) is 23.2 Å². The standard InChI is InChI=1S/C12H13N3O2.C3H5F3N2O3S/c16-9-7-8(13-1-2-13)12(17)11(15-5-6-15)10(9)14-3-4-14;4-3(5,6)12(10,11)1-8-2(7)9/h7H,1-6H2;1H2,(H3,7,8,9). The molecule has 4 aliphatic rings. The molecule has 0 unspecified atom stereocenters. The number of halogens is 3. The third kappa shape index (κ3) is 4.81. The minimum atomic E-state index is -5.37. The first-order chi connectivity index (χ1) is 13.4. The number of amides is 2. The van der Waals surface area contributed by atoms with Crippen molar-refractivity contribution in [3.8, 4) is 0 Å². The molecule has 0 aromatic carbocycles. The van der Waals surface area contributed by atoms with E-state index in [-0.39, 0.29) is 11.6 Å². The van der Waals surface area contributed by atoms with E-state index in [9.17, 15) is 36.0 Å². The Bertz CT molecular complexity index is 915. The van der Waals surface area contributed by atoms with Gasteiger partial charge in [-0.2, -0.15) is 13.2 Å². The van der Waals surface area contributed by atoms with Crippen molar-refractivity contribution >= 4 is 27.4 Å². The fourth-order valence-electron chi connectivity index (χ4n) is 2.52. The minimum Gasteiger partial charge on any atom is -0.365 e. The number of urea groups is 1. The van der Waals surface area contributed by atoms with E-state index < -0.39 is 27.3 Å². The Morgan fingerprint density at radius 1 is 1.00 bits per heavy atom. The second-order valence-electron chi connectivity index (χ2n) is 6.63. The maximum Gasteiger partial charge on any atom is 0.499 e. The lowest BCUT2D eigenvalue weighted by molar-refractivity contribution is -0.117. The molecule has 3 heterocycles. The van der Waals surface area contributed by atoms with E-state index >= 15 is 0 Å². The largest absolute Gasteiger partial charge is 0.499 e. The Morgan fingerprint density at radius 3 is 1.90 bits per heavy atom. The average molecular weight is 437 g/mol. The van der Waals surface area contributed by atoms with Gasteiger partial charge in [-0.3, -0.25) is 9.59 Å². The van der Waals surface area contributed by atoms with Gasteiger partial charge in [-0.25, -0.2) is 13.2 Å². The molecule has 2 amide bonds. The zero-order valence-corrected chi connectivity index (χ0v) is 15.8. The molecule has 14 heteroatoms. The number of sulfone groups is 1. The van der Waals surface area contributed by atoms with E-state index in [4.69, 9.17) is 0 Å². The van der Waals surface area contributed by atoms with Crippen LogP contribution >= 0.6 is 0 Å². The van der Waals surface area contributed by atoms with E-state index in [0.29, 0.717) is 17.1 Å². The number of alkyl halides is 3. The van der Waals surface area contributed by atoms with Gasteiger partial charge in [-0.1, -0.05) is 0 Å². The number of carbonyl (C=O) groups is 3. The number of allylic oxidation sites excluding steroid dienone is 1. The molecule has 1 aliphatic carbocycles. The summed E-state index contributed by atoms with van der Waals surface area (Å²) in [5, 5.41) is 1.32. The van der Waals surface area contributed by atoms with Crippen molar-refractivity contribution in [3.05, 3.63) is 23.2 Å². The maximum absolute atomic E-state index is 12.4. The van der Waals surface area contributed by atoms with Gasteiger partial charge < -0.3 is 25.8 Å². The lowest BCUT2D eigenvalue weighted by Gasteiger charge is -2.21. The van der Waals surface area contributed by atoms with Crippen LogP contribution in [0.2, 0.25) is 0 Å². The number of carbonyl (C=O) groups excluding carboxylic acids is 3. The summed E-state index contributed by atoms with van der Waals surface area (Å²) < 4.78 is 54.8. The summed E-state index contributed by atoms with van der Waals surface area (Å²) in [7, 11) is -5.30. The fraction of sp³-hybridized carbons (Fsp3) is 0.533. The molecule has 10 nitrogen and oxygen atoms in total. The van der Waals surface area contributed by atoms with E-state index in [1.54, 1.807) is 0 Å². The number of hydrogen-bond acceptors (Lipinski definition) is 8. The molecule has 0 aromatic heterocycles. The molecule has 3 N–H and O–H groups in total. The normalized spacial score (nSPS) is 20.8. The van der Waals surface area contributed by atoms with Gasteiger partial charge in [0.1, 0.15) is 17.3 Å². The number of ketones is 2. The van der Waals surface area contributed by atoms with Crippen LogP contribution in [-0.4, -0.2) is 91.4 Å². The van der Waals surface area contributed by atoms with Crippen LogP contribution < -0.4 is 11.1 Å². The van der Waals surface area contributed by atoms with Crippen molar-refractivity contribution < 1.29 is 36.0 Å². The number of primary amides is 1. The highest BCUT2D eigenvalue weighted by Crippen LogP contribution is 2.33. The van der Waals surface area contributed by atoms with E-state index in [1.165, 1.54) is 11.4 Å². The zero-order chi connectivity index (χ0) is 21.6. The first kappa shape index (κ1) is 21.0. The Kier molecular flexibility index (Phi) is 5.23. The number of rotatable bonds is 5. The van der Waals surface area contributed by atoms with Gasteiger partial charge in [0.25, 0.3) is 9.84 Å². The van der Waals surface area contributed by atoms with Crippen LogP contribution in [0.3, 0.4) is 0 Å². The predicted octanol–water partition coefficient (Wildman–Crippen LogP) is -1.27. The summed E-state index contributed by atoms with van der Waals surface area (Å²) in [5.74, 6) is -1.49. The van der Waals surface area contributed by atoms with Crippen molar-refractivity contribution in [1.82, 2.24) is 20.0 Å². The Morgan fingerprint density at radius 2 is 1.48 bits per heavy atom. The second kappa shape index (κ2) is 7.24. The van der Waals surface area contributed by atoms with Gasteiger partial charge in [0.15, 0.2) is 0 Å². The molecule has 29 heavy (non-hydrogen) atoms. The molecular weight excluding hydrogens is 419 g/mol. The summed E-state index contributed by atoms with van der Waals surface area (Å²) in [6.07, 6.45) is 1.52. The van der Waals surface area contributed by atoms with E-state index in [2.05, 4.69) is 5.73 Å². The molecule has 160 valence electrons. The fourth-order valence-corrected chi connectivity index (χ4v) is 3.02. The Hall–Kier alpha value is -2.77. The van der Waals surface area contributed by atoms with Crippen LogP contribution in [0.4, 0.5) is 18.0 Å². The van der Waals surface area contributed by atoms with Gasteiger partial charge in [-0.15, -0.1) is 0 Å². The van der Waals surface area contributed by atoms with Gasteiger partial charge in [0, 0.05) is 45.3 Å². The Labute approximate surface area is 163 Å². The van der Waals surface area contributed by atoms with Crippen molar-refractivity contribution in [2.75, 3.05) is 45.1 Å². The smallest absolute Gasteiger partial charge is 0.365 e. The molecule has 0 aromatic rings. The van der Waals surface area contributed by atoms with Gasteiger partial charge in [0.05, 0.1) is 5.70 Å².